The molecule has 22 heavy (non-hydrogen) atoms. The Hall–Kier alpha value is -2.25. The van der Waals surface area contributed by atoms with Gasteiger partial charge in [0.15, 0.2) is 6.54 Å². The van der Waals surface area contributed by atoms with Gasteiger partial charge in [0.05, 0.1) is 0 Å². The second-order valence-electron chi connectivity index (χ2n) is 5.95. The summed E-state index contributed by atoms with van der Waals surface area (Å²) >= 11 is 0. The molecular weight excluding hydrogens is 286 g/mol. The number of hydrogen-bond donors (Lipinski definition) is 1. The zero-order valence-electron chi connectivity index (χ0n) is 13.4. The summed E-state index contributed by atoms with van der Waals surface area (Å²) in [5.74, 6) is 0.346. The first-order valence-electron chi connectivity index (χ1n) is 7.31. The molecule has 2 heterocycles. The predicted octanol–water partition coefficient (Wildman–Crippen LogP) is -0.506. The van der Waals surface area contributed by atoms with E-state index in [1.807, 2.05) is 0 Å². The van der Waals surface area contributed by atoms with Gasteiger partial charge in [-0.15, -0.1) is 0 Å². The van der Waals surface area contributed by atoms with Gasteiger partial charge in [-0.1, -0.05) is 13.8 Å². The Morgan fingerprint density at radius 1 is 1.36 bits per heavy atom. The lowest BCUT2D eigenvalue weighted by molar-refractivity contribution is -0.519. The summed E-state index contributed by atoms with van der Waals surface area (Å²) < 4.78 is 1.56. The molecule has 0 aromatic rings. The Labute approximate surface area is 129 Å². The Balaban J connectivity index is 1.99. The van der Waals surface area contributed by atoms with Crippen LogP contribution in [0.1, 0.15) is 20.3 Å². The van der Waals surface area contributed by atoms with Gasteiger partial charge < -0.3 is 5.32 Å². The fourth-order valence-electron chi connectivity index (χ4n) is 2.40. The number of carbonyl (C=O) groups is 3. The molecule has 2 aliphatic heterocycles. The number of amidine groups is 1. The first kappa shape index (κ1) is 16.1. The van der Waals surface area contributed by atoms with E-state index in [-0.39, 0.29) is 18.4 Å². The smallest absolute Gasteiger partial charge is 0.333 e. The molecule has 1 unspecified atom stereocenters. The Morgan fingerprint density at radius 3 is 2.68 bits per heavy atom. The van der Waals surface area contributed by atoms with Crippen LogP contribution in [0.2, 0.25) is 0 Å². The number of rotatable bonds is 5. The summed E-state index contributed by atoms with van der Waals surface area (Å²) in [6.07, 6.45) is 2.35. The van der Waals surface area contributed by atoms with Crippen molar-refractivity contribution in [3.8, 4) is 0 Å². The normalized spacial score (nSPS) is 21.0. The quantitative estimate of drug-likeness (QED) is 0.694. The van der Waals surface area contributed by atoms with E-state index in [1.165, 1.54) is 18.3 Å². The first-order chi connectivity index (χ1) is 10.3. The van der Waals surface area contributed by atoms with Crippen LogP contribution >= 0.6 is 0 Å². The maximum atomic E-state index is 12.3. The van der Waals surface area contributed by atoms with Crippen LogP contribution in [0.25, 0.3) is 0 Å². The van der Waals surface area contributed by atoms with Crippen LogP contribution in [0.4, 0.5) is 4.79 Å². The van der Waals surface area contributed by atoms with E-state index in [4.69, 9.17) is 0 Å². The number of imide groups is 1. The third kappa shape index (κ3) is 3.00. The van der Waals surface area contributed by atoms with E-state index >= 15 is 0 Å². The molecule has 2 rings (SSSR count). The number of fused-ring (bicyclic) bond motifs is 1. The van der Waals surface area contributed by atoms with Gasteiger partial charge in [-0.2, -0.15) is 0 Å². The van der Waals surface area contributed by atoms with E-state index < -0.39 is 12.1 Å². The van der Waals surface area contributed by atoms with Gasteiger partial charge in [-0.3, -0.25) is 19.4 Å². The SMILES string of the molecule is CC(C)CCNC(=O)C[N+]1=CN=C2C1C(=O)N(C)C(=O)N2C. The second-order valence-corrected chi connectivity index (χ2v) is 5.95. The van der Waals surface area contributed by atoms with E-state index in [0.717, 1.165) is 11.3 Å². The lowest BCUT2D eigenvalue weighted by Crippen LogP contribution is -2.62. The molecule has 8 heteroatoms. The highest BCUT2D eigenvalue weighted by atomic mass is 16.2. The molecule has 1 N–H and O–H groups in total. The highest BCUT2D eigenvalue weighted by molar-refractivity contribution is 6.21. The number of likely N-dealkylation sites (N-methyl/N-ethyl adjacent to an activating group) is 2. The Bertz CT molecular complexity index is 567. The number of nitrogens with zero attached hydrogens (tertiary/aromatic N) is 4. The van der Waals surface area contributed by atoms with Crippen LogP contribution in [-0.2, 0) is 9.59 Å². The molecule has 1 atom stereocenters. The molecule has 1 saturated heterocycles. The zero-order valence-corrected chi connectivity index (χ0v) is 13.4. The fraction of sp³-hybridized carbons (Fsp3) is 0.643. The summed E-state index contributed by atoms with van der Waals surface area (Å²) in [7, 11) is 2.99. The number of nitrogens with one attached hydrogen (secondary N) is 1. The van der Waals surface area contributed by atoms with Crippen molar-refractivity contribution in [3.05, 3.63) is 0 Å². The highest BCUT2D eigenvalue weighted by Gasteiger charge is 2.50. The van der Waals surface area contributed by atoms with Gasteiger partial charge in [0.2, 0.25) is 0 Å². The summed E-state index contributed by atoms with van der Waals surface area (Å²) in [6.45, 7) is 4.82. The first-order valence-corrected chi connectivity index (χ1v) is 7.31. The topological polar surface area (TPSA) is 85.1 Å². The van der Waals surface area contributed by atoms with Crippen molar-refractivity contribution in [1.29, 1.82) is 0 Å². The molecule has 8 nitrogen and oxygen atoms in total. The number of carbonyl (C=O) groups excluding carboxylic acids is 3. The lowest BCUT2D eigenvalue weighted by Gasteiger charge is -2.30. The lowest BCUT2D eigenvalue weighted by atomic mass is 10.1. The molecule has 0 radical (unpaired) electrons. The van der Waals surface area contributed by atoms with Crippen LogP contribution < -0.4 is 5.32 Å². The molecule has 120 valence electrons. The maximum Gasteiger partial charge on any atom is 0.333 e. The molecule has 0 aliphatic carbocycles. The standard InChI is InChI=1S/C14H21N5O3/c1-9(2)5-6-15-10(20)7-19-8-16-12-11(19)13(21)18(4)14(22)17(12)3/h8-9,11H,5-7H2,1-4H3/p+1. The fourth-order valence-corrected chi connectivity index (χ4v) is 2.40. The average molecular weight is 308 g/mol. The highest BCUT2D eigenvalue weighted by Crippen LogP contribution is 2.16. The monoisotopic (exact) mass is 308 g/mol. The van der Waals surface area contributed by atoms with E-state index in [0.29, 0.717) is 18.3 Å². The minimum atomic E-state index is -0.705. The summed E-state index contributed by atoms with van der Waals surface area (Å²) in [4.78, 5) is 42.6. The van der Waals surface area contributed by atoms with Gasteiger partial charge in [0.25, 0.3) is 30.0 Å². The Kier molecular flexibility index (Phi) is 4.58. The Morgan fingerprint density at radius 2 is 2.05 bits per heavy atom. The minimum absolute atomic E-state index is 0.0391. The molecule has 0 spiro atoms. The van der Waals surface area contributed by atoms with Crippen molar-refractivity contribution in [2.75, 3.05) is 27.2 Å². The third-order valence-corrected chi connectivity index (χ3v) is 3.77. The van der Waals surface area contributed by atoms with Crippen molar-refractivity contribution in [3.63, 3.8) is 0 Å². The molecule has 4 amide bonds. The van der Waals surface area contributed by atoms with E-state index in [2.05, 4.69) is 24.2 Å². The van der Waals surface area contributed by atoms with Crippen molar-refractivity contribution < 1.29 is 19.0 Å². The predicted molar refractivity (Wildman–Crippen MR) is 80.8 cm³/mol. The van der Waals surface area contributed by atoms with Crippen molar-refractivity contribution in [1.82, 2.24) is 15.1 Å². The van der Waals surface area contributed by atoms with Crippen LogP contribution in [0, 0.1) is 5.92 Å². The van der Waals surface area contributed by atoms with Gasteiger partial charge >= 0.3 is 6.03 Å². The van der Waals surface area contributed by atoms with Crippen molar-refractivity contribution in [2.24, 2.45) is 10.9 Å². The summed E-state index contributed by atoms with van der Waals surface area (Å²) in [5, 5.41) is 2.83. The molecule has 0 aromatic heterocycles. The molecule has 2 aliphatic rings. The molecule has 1 fully saturated rings. The molecule has 0 aromatic carbocycles. The second kappa shape index (κ2) is 6.25. The molecule has 0 bridgehead atoms. The van der Waals surface area contributed by atoms with Crippen LogP contribution in [0.15, 0.2) is 4.99 Å². The van der Waals surface area contributed by atoms with E-state index in [9.17, 15) is 14.4 Å². The number of hydrogen-bond acceptors (Lipinski definition) is 4. The third-order valence-electron chi connectivity index (χ3n) is 3.77. The number of urea groups is 1. The summed E-state index contributed by atoms with van der Waals surface area (Å²) in [6, 6.07) is -1.12. The van der Waals surface area contributed by atoms with Gasteiger partial charge in [-0.25, -0.2) is 9.37 Å². The average Bonchev–Trinajstić information content (AvgIpc) is 2.86. The van der Waals surface area contributed by atoms with Gasteiger partial charge in [0.1, 0.15) is 0 Å². The van der Waals surface area contributed by atoms with Gasteiger partial charge in [-0.05, 0) is 17.3 Å². The number of aliphatic imine (C=N–C) groups is 1. The maximum absolute atomic E-state index is 12.3. The van der Waals surface area contributed by atoms with E-state index in [1.54, 1.807) is 11.6 Å². The van der Waals surface area contributed by atoms with Crippen LogP contribution in [0.3, 0.4) is 0 Å². The van der Waals surface area contributed by atoms with Crippen LogP contribution in [0.5, 0.6) is 0 Å². The minimum Gasteiger partial charge on any atom is -0.353 e. The summed E-state index contributed by atoms with van der Waals surface area (Å²) in [5.41, 5.74) is 0. The number of amides is 4. The molecule has 0 saturated carbocycles. The van der Waals surface area contributed by atoms with Crippen molar-refractivity contribution in [2.45, 2.75) is 26.3 Å². The van der Waals surface area contributed by atoms with Gasteiger partial charge in [0, 0.05) is 20.6 Å². The zero-order chi connectivity index (χ0) is 16.4. The van der Waals surface area contributed by atoms with Crippen LogP contribution in [-0.4, -0.2) is 77.6 Å². The van der Waals surface area contributed by atoms with Crippen molar-refractivity contribution >= 4 is 30.0 Å². The largest absolute Gasteiger partial charge is 0.353 e. The molecular formula is C14H22N5O3+.